The first-order chi connectivity index (χ1) is 12.5. The van der Waals surface area contributed by atoms with E-state index in [1.54, 1.807) is 24.3 Å². The van der Waals surface area contributed by atoms with Crippen LogP contribution in [0.4, 0.5) is 23.1 Å². The van der Waals surface area contributed by atoms with Crippen molar-refractivity contribution in [1.29, 1.82) is 0 Å². The molecule has 0 unspecified atom stereocenters. The zero-order chi connectivity index (χ0) is 18.5. The Balaban J connectivity index is 1.77. The summed E-state index contributed by atoms with van der Waals surface area (Å²) in [4.78, 5) is 20.0. The van der Waals surface area contributed by atoms with Crippen molar-refractivity contribution in [1.82, 2.24) is 9.97 Å². The van der Waals surface area contributed by atoms with Crippen molar-refractivity contribution in [3.8, 4) is 0 Å². The standard InChI is InChI=1S/C18H17ClN6O/c19-15-10-23-18(24-13-6-3-5-12(20)8-13)25-17(15)22-9-11-4-1-2-7-14(11)16(21)26/h1-8,10H,9,20H2,(H2,21,26)(H2,22,23,24,25). The van der Waals surface area contributed by atoms with Crippen LogP contribution in [0.2, 0.25) is 5.02 Å². The third-order valence-corrected chi connectivity index (χ3v) is 3.89. The van der Waals surface area contributed by atoms with Crippen molar-refractivity contribution >= 4 is 40.6 Å². The molecule has 1 amide bonds. The molecule has 0 aliphatic carbocycles. The lowest BCUT2D eigenvalue weighted by atomic mass is 10.1. The van der Waals surface area contributed by atoms with Crippen LogP contribution in [0.5, 0.6) is 0 Å². The van der Waals surface area contributed by atoms with Crippen molar-refractivity contribution in [2.24, 2.45) is 5.73 Å². The van der Waals surface area contributed by atoms with Crippen molar-refractivity contribution in [2.75, 3.05) is 16.4 Å². The third kappa shape index (κ3) is 4.20. The topological polar surface area (TPSA) is 119 Å². The number of nitrogens with zero attached hydrogens (tertiary/aromatic N) is 2. The molecule has 7 nitrogen and oxygen atoms in total. The molecule has 0 atom stereocenters. The molecular formula is C18H17ClN6O. The van der Waals surface area contributed by atoms with E-state index in [4.69, 9.17) is 23.1 Å². The highest BCUT2D eigenvalue weighted by molar-refractivity contribution is 6.32. The number of carbonyl (C=O) groups excluding carboxylic acids is 1. The molecule has 8 heteroatoms. The molecule has 0 spiro atoms. The summed E-state index contributed by atoms with van der Waals surface area (Å²) in [6.07, 6.45) is 1.49. The highest BCUT2D eigenvalue weighted by Gasteiger charge is 2.10. The Bertz CT molecular complexity index is 946. The number of nitrogens with one attached hydrogen (secondary N) is 2. The Hall–Kier alpha value is -3.32. The molecule has 0 radical (unpaired) electrons. The summed E-state index contributed by atoms with van der Waals surface area (Å²) >= 11 is 6.17. The van der Waals surface area contributed by atoms with Gasteiger partial charge >= 0.3 is 0 Å². The first-order valence-electron chi connectivity index (χ1n) is 7.79. The minimum atomic E-state index is -0.486. The highest BCUT2D eigenvalue weighted by Crippen LogP contribution is 2.23. The van der Waals surface area contributed by atoms with Crippen LogP contribution in [0.1, 0.15) is 15.9 Å². The largest absolute Gasteiger partial charge is 0.399 e. The molecular weight excluding hydrogens is 352 g/mol. The second-order valence-electron chi connectivity index (χ2n) is 5.52. The maximum Gasteiger partial charge on any atom is 0.249 e. The van der Waals surface area contributed by atoms with E-state index >= 15 is 0 Å². The zero-order valence-corrected chi connectivity index (χ0v) is 14.5. The Morgan fingerprint density at radius 2 is 1.96 bits per heavy atom. The summed E-state index contributed by atoms with van der Waals surface area (Å²) < 4.78 is 0. The third-order valence-electron chi connectivity index (χ3n) is 3.62. The first-order valence-corrected chi connectivity index (χ1v) is 8.17. The summed E-state index contributed by atoms with van der Waals surface area (Å²) in [7, 11) is 0. The van der Waals surface area contributed by atoms with Crippen LogP contribution in [0, 0.1) is 0 Å². The molecule has 0 aliphatic heterocycles. The van der Waals surface area contributed by atoms with Gasteiger partial charge in [0.2, 0.25) is 11.9 Å². The second-order valence-corrected chi connectivity index (χ2v) is 5.92. The van der Waals surface area contributed by atoms with Crippen LogP contribution < -0.4 is 22.1 Å². The van der Waals surface area contributed by atoms with E-state index in [2.05, 4.69) is 20.6 Å². The maximum atomic E-state index is 11.5. The van der Waals surface area contributed by atoms with Gasteiger partial charge in [0.25, 0.3) is 0 Å². The molecule has 1 heterocycles. The SMILES string of the molecule is NC(=O)c1ccccc1CNc1nc(Nc2cccc(N)c2)ncc1Cl. The molecule has 0 aliphatic rings. The number of halogens is 1. The number of hydrogen-bond acceptors (Lipinski definition) is 6. The summed E-state index contributed by atoms with van der Waals surface area (Å²) in [6, 6.07) is 14.3. The summed E-state index contributed by atoms with van der Waals surface area (Å²) in [5.74, 6) is 0.318. The number of amides is 1. The molecule has 1 aromatic heterocycles. The quantitative estimate of drug-likeness (QED) is 0.496. The van der Waals surface area contributed by atoms with Gasteiger partial charge in [-0.2, -0.15) is 4.98 Å². The second kappa shape index (κ2) is 7.71. The van der Waals surface area contributed by atoms with Crippen LogP contribution in [0.25, 0.3) is 0 Å². The van der Waals surface area contributed by atoms with Gasteiger partial charge in [-0.05, 0) is 29.8 Å². The number of anilines is 4. The molecule has 0 fully saturated rings. The molecule has 3 aromatic rings. The van der Waals surface area contributed by atoms with Crippen LogP contribution in [-0.4, -0.2) is 15.9 Å². The molecule has 0 bridgehead atoms. The predicted molar refractivity (Wildman–Crippen MR) is 103 cm³/mol. The molecule has 0 saturated carbocycles. The molecule has 6 N–H and O–H groups in total. The van der Waals surface area contributed by atoms with Gasteiger partial charge in [-0.15, -0.1) is 0 Å². The van der Waals surface area contributed by atoms with Crippen molar-refractivity contribution in [2.45, 2.75) is 6.54 Å². The maximum absolute atomic E-state index is 11.5. The Labute approximate surface area is 155 Å². The number of benzene rings is 2. The molecule has 132 valence electrons. The normalized spacial score (nSPS) is 10.3. The number of nitrogens with two attached hydrogens (primary N) is 2. The number of rotatable bonds is 6. The van der Waals surface area contributed by atoms with E-state index in [9.17, 15) is 4.79 Å². The minimum absolute atomic E-state index is 0.341. The van der Waals surface area contributed by atoms with Gasteiger partial charge in [0.15, 0.2) is 5.82 Å². The Morgan fingerprint density at radius 3 is 2.73 bits per heavy atom. The molecule has 2 aromatic carbocycles. The fourth-order valence-corrected chi connectivity index (χ4v) is 2.55. The Morgan fingerprint density at radius 1 is 1.15 bits per heavy atom. The highest BCUT2D eigenvalue weighted by atomic mass is 35.5. The van der Waals surface area contributed by atoms with Gasteiger partial charge in [0.05, 0.1) is 6.20 Å². The average Bonchev–Trinajstić information content (AvgIpc) is 2.62. The van der Waals surface area contributed by atoms with Gasteiger partial charge in [-0.1, -0.05) is 35.9 Å². The van der Waals surface area contributed by atoms with Gasteiger partial charge in [-0.25, -0.2) is 4.98 Å². The summed E-state index contributed by atoms with van der Waals surface area (Å²) in [6.45, 7) is 0.341. The first kappa shape index (κ1) is 17.5. The average molecular weight is 369 g/mol. The number of nitrogen functional groups attached to an aromatic ring is 1. The smallest absolute Gasteiger partial charge is 0.249 e. The molecule has 26 heavy (non-hydrogen) atoms. The van der Waals surface area contributed by atoms with E-state index in [1.165, 1.54) is 6.20 Å². The lowest BCUT2D eigenvalue weighted by Crippen LogP contribution is -2.15. The fraction of sp³-hybridized carbons (Fsp3) is 0.0556. The Kier molecular flexibility index (Phi) is 5.19. The van der Waals surface area contributed by atoms with E-state index in [1.807, 2.05) is 24.3 Å². The zero-order valence-electron chi connectivity index (χ0n) is 13.7. The van der Waals surface area contributed by atoms with E-state index in [-0.39, 0.29) is 0 Å². The van der Waals surface area contributed by atoms with Crippen LogP contribution in [-0.2, 0) is 6.54 Å². The molecule has 3 rings (SSSR count). The number of carbonyl (C=O) groups is 1. The summed E-state index contributed by atoms with van der Waals surface area (Å²) in [5.41, 5.74) is 13.8. The van der Waals surface area contributed by atoms with Crippen LogP contribution in [0.15, 0.2) is 54.7 Å². The predicted octanol–water partition coefficient (Wildman–Crippen LogP) is 3.17. The summed E-state index contributed by atoms with van der Waals surface area (Å²) in [5, 5.41) is 6.53. The number of aromatic nitrogens is 2. The van der Waals surface area contributed by atoms with E-state index < -0.39 is 5.91 Å². The van der Waals surface area contributed by atoms with Gasteiger partial charge in [0, 0.05) is 23.5 Å². The minimum Gasteiger partial charge on any atom is -0.399 e. The van der Waals surface area contributed by atoms with Crippen molar-refractivity contribution in [3.05, 3.63) is 70.9 Å². The lowest BCUT2D eigenvalue weighted by Gasteiger charge is -2.12. The number of hydrogen-bond donors (Lipinski definition) is 4. The van der Waals surface area contributed by atoms with E-state index in [0.29, 0.717) is 34.6 Å². The lowest BCUT2D eigenvalue weighted by molar-refractivity contribution is 0.0999. The fourth-order valence-electron chi connectivity index (χ4n) is 2.39. The van der Waals surface area contributed by atoms with Gasteiger partial charge < -0.3 is 22.1 Å². The van der Waals surface area contributed by atoms with Crippen LogP contribution in [0.3, 0.4) is 0 Å². The van der Waals surface area contributed by atoms with E-state index in [0.717, 1.165) is 11.3 Å². The number of primary amides is 1. The van der Waals surface area contributed by atoms with Gasteiger partial charge in [0.1, 0.15) is 5.02 Å². The van der Waals surface area contributed by atoms with Crippen LogP contribution >= 0.6 is 11.6 Å². The monoisotopic (exact) mass is 368 g/mol. The van der Waals surface area contributed by atoms with Gasteiger partial charge in [-0.3, -0.25) is 4.79 Å². The van der Waals surface area contributed by atoms with Crippen molar-refractivity contribution in [3.63, 3.8) is 0 Å². The van der Waals surface area contributed by atoms with Crippen molar-refractivity contribution < 1.29 is 4.79 Å². The molecule has 0 saturated heterocycles.